The molecule has 0 aromatic carbocycles. The Labute approximate surface area is 103 Å². The molecule has 17 heavy (non-hydrogen) atoms. The molecule has 0 radical (unpaired) electrons. The van der Waals surface area contributed by atoms with Crippen molar-refractivity contribution < 1.29 is 0 Å². The lowest BCUT2D eigenvalue weighted by molar-refractivity contribution is 0.358. The monoisotopic (exact) mass is 234 g/mol. The van der Waals surface area contributed by atoms with E-state index in [1.165, 1.54) is 25.7 Å². The number of aryl methyl sites for hydroxylation is 1. The van der Waals surface area contributed by atoms with Crippen molar-refractivity contribution in [3.05, 3.63) is 28.7 Å². The van der Waals surface area contributed by atoms with Crippen LogP contribution in [0.1, 0.15) is 39.5 Å². The smallest absolute Gasteiger partial charge is 0.250 e. The molecule has 1 aliphatic carbocycles. The van der Waals surface area contributed by atoms with Crippen LogP contribution in [0.15, 0.2) is 23.1 Å². The summed E-state index contributed by atoms with van der Waals surface area (Å²) >= 11 is 0. The van der Waals surface area contributed by atoms with Gasteiger partial charge in [-0.05, 0) is 31.7 Å². The third kappa shape index (κ3) is 3.11. The maximum atomic E-state index is 11.5. The zero-order valence-electron chi connectivity index (χ0n) is 10.8. The molecule has 3 nitrogen and oxygen atoms in total. The van der Waals surface area contributed by atoms with Gasteiger partial charge in [0.15, 0.2) is 0 Å². The van der Waals surface area contributed by atoms with E-state index in [9.17, 15) is 4.79 Å². The van der Waals surface area contributed by atoms with Gasteiger partial charge in [0.2, 0.25) is 0 Å². The Morgan fingerprint density at radius 1 is 1.41 bits per heavy atom. The molecular weight excluding hydrogens is 212 g/mol. The van der Waals surface area contributed by atoms with Crippen LogP contribution in [0.2, 0.25) is 0 Å². The number of pyridine rings is 1. The van der Waals surface area contributed by atoms with Crippen molar-refractivity contribution in [2.45, 2.75) is 52.1 Å². The van der Waals surface area contributed by atoms with Crippen molar-refractivity contribution in [3.8, 4) is 0 Å². The summed E-state index contributed by atoms with van der Waals surface area (Å²) in [5, 5.41) is 3.55. The molecule has 0 saturated heterocycles. The SMILES string of the molecule is CCn1cc(NC2CCCC(C)C2)ccc1=O. The van der Waals surface area contributed by atoms with E-state index in [1.807, 2.05) is 19.2 Å². The molecule has 2 atom stereocenters. The molecule has 2 rings (SSSR count). The fraction of sp³-hybridized carbons (Fsp3) is 0.643. The molecule has 1 aromatic rings. The molecule has 0 bridgehead atoms. The van der Waals surface area contributed by atoms with Crippen LogP contribution in [0.5, 0.6) is 0 Å². The Morgan fingerprint density at radius 3 is 2.94 bits per heavy atom. The molecule has 1 heterocycles. The highest BCUT2D eigenvalue weighted by Gasteiger charge is 2.18. The van der Waals surface area contributed by atoms with Gasteiger partial charge in [-0.15, -0.1) is 0 Å². The Hall–Kier alpha value is -1.25. The fourth-order valence-corrected chi connectivity index (χ4v) is 2.66. The standard InChI is InChI=1S/C14H22N2O/c1-3-16-10-13(7-8-14(16)17)15-12-6-4-5-11(2)9-12/h7-8,10-12,15H,3-6,9H2,1-2H3. The van der Waals surface area contributed by atoms with Gasteiger partial charge in [0.1, 0.15) is 0 Å². The van der Waals surface area contributed by atoms with E-state index in [-0.39, 0.29) is 5.56 Å². The highest BCUT2D eigenvalue weighted by Crippen LogP contribution is 2.25. The maximum absolute atomic E-state index is 11.5. The van der Waals surface area contributed by atoms with E-state index in [4.69, 9.17) is 0 Å². The van der Waals surface area contributed by atoms with E-state index in [1.54, 1.807) is 10.6 Å². The number of nitrogens with zero attached hydrogens (tertiary/aromatic N) is 1. The van der Waals surface area contributed by atoms with Crippen LogP contribution in [0.25, 0.3) is 0 Å². The van der Waals surface area contributed by atoms with Crippen LogP contribution >= 0.6 is 0 Å². The third-order valence-electron chi connectivity index (χ3n) is 3.63. The largest absolute Gasteiger partial charge is 0.381 e. The van der Waals surface area contributed by atoms with E-state index >= 15 is 0 Å². The van der Waals surface area contributed by atoms with Gasteiger partial charge in [0.05, 0.1) is 5.69 Å². The number of rotatable bonds is 3. The first-order valence-corrected chi connectivity index (χ1v) is 6.66. The summed E-state index contributed by atoms with van der Waals surface area (Å²) in [5.74, 6) is 0.818. The molecule has 0 amide bonds. The van der Waals surface area contributed by atoms with Crippen molar-refractivity contribution in [2.24, 2.45) is 5.92 Å². The van der Waals surface area contributed by atoms with E-state index < -0.39 is 0 Å². The van der Waals surface area contributed by atoms with E-state index in [0.717, 1.165) is 18.2 Å². The number of aromatic nitrogens is 1. The van der Waals surface area contributed by atoms with Crippen LogP contribution in [0.4, 0.5) is 5.69 Å². The predicted molar refractivity (Wildman–Crippen MR) is 71.4 cm³/mol. The summed E-state index contributed by atoms with van der Waals surface area (Å²) in [6.45, 7) is 5.05. The van der Waals surface area contributed by atoms with Crippen LogP contribution in [0.3, 0.4) is 0 Å². The third-order valence-corrected chi connectivity index (χ3v) is 3.63. The van der Waals surface area contributed by atoms with Gasteiger partial charge >= 0.3 is 0 Å². The summed E-state index contributed by atoms with van der Waals surface area (Å²) in [4.78, 5) is 11.5. The minimum absolute atomic E-state index is 0.0788. The van der Waals surface area contributed by atoms with Crippen LogP contribution in [0, 0.1) is 5.92 Å². The normalized spacial score (nSPS) is 24.6. The Kier molecular flexibility index (Phi) is 3.87. The van der Waals surface area contributed by atoms with Crippen molar-refractivity contribution in [2.75, 3.05) is 5.32 Å². The van der Waals surface area contributed by atoms with Crippen molar-refractivity contribution >= 4 is 5.69 Å². The lowest BCUT2D eigenvalue weighted by Crippen LogP contribution is -2.27. The summed E-state index contributed by atoms with van der Waals surface area (Å²) in [5.41, 5.74) is 1.15. The molecule has 1 fully saturated rings. The zero-order valence-corrected chi connectivity index (χ0v) is 10.8. The average Bonchev–Trinajstić information content (AvgIpc) is 2.32. The van der Waals surface area contributed by atoms with E-state index in [2.05, 4.69) is 12.2 Å². The number of hydrogen-bond acceptors (Lipinski definition) is 2. The Morgan fingerprint density at radius 2 is 2.24 bits per heavy atom. The minimum Gasteiger partial charge on any atom is -0.381 e. The molecule has 1 N–H and O–H groups in total. The maximum Gasteiger partial charge on any atom is 0.250 e. The van der Waals surface area contributed by atoms with Gasteiger partial charge < -0.3 is 9.88 Å². The molecule has 1 saturated carbocycles. The van der Waals surface area contributed by atoms with Crippen LogP contribution in [-0.4, -0.2) is 10.6 Å². The predicted octanol–water partition coefficient (Wildman–Crippen LogP) is 2.86. The van der Waals surface area contributed by atoms with Crippen molar-refractivity contribution in [1.82, 2.24) is 4.57 Å². The highest BCUT2D eigenvalue weighted by molar-refractivity contribution is 5.41. The lowest BCUT2D eigenvalue weighted by Gasteiger charge is -2.28. The average molecular weight is 234 g/mol. The zero-order chi connectivity index (χ0) is 12.3. The quantitative estimate of drug-likeness (QED) is 0.872. The second kappa shape index (κ2) is 5.39. The summed E-state index contributed by atoms with van der Waals surface area (Å²) in [6.07, 6.45) is 7.08. The highest BCUT2D eigenvalue weighted by atomic mass is 16.1. The summed E-state index contributed by atoms with van der Waals surface area (Å²) < 4.78 is 1.74. The number of hydrogen-bond donors (Lipinski definition) is 1. The molecular formula is C14H22N2O. The minimum atomic E-state index is 0.0788. The first-order chi connectivity index (χ1) is 8.19. The van der Waals surface area contributed by atoms with Crippen molar-refractivity contribution in [1.29, 1.82) is 0 Å². The number of nitrogens with one attached hydrogen (secondary N) is 1. The van der Waals surface area contributed by atoms with Gasteiger partial charge in [-0.25, -0.2) is 0 Å². The molecule has 0 spiro atoms. The lowest BCUT2D eigenvalue weighted by atomic mass is 9.87. The van der Waals surface area contributed by atoms with E-state index in [0.29, 0.717) is 6.04 Å². The van der Waals surface area contributed by atoms with Gasteiger partial charge in [-0.3, -0.25) is 4.79 Å². The van der Waals surface area contributed by atoms with Gasteiger partial charge in [-0.2, -0.15) is 0 Å². The first kappa shape index (κ1) is 12.2. The van der Waals surface area contributed by atoms with Crippen LogP contribution in [-0.2, 0) is 6.54 Å². The first-order valence-electron chi connectivity index (χ1n) is 6.66. The molecule has 1 aromatic heterocycles. The van der Waals surface area contributed by atoms with Gasteiger partial charge in [-0.1, -0.05) is 19.8 Å². The molecule has 1 aliphatic rings. The van der Waals surface area contributed by atoms with Crippen molar-refractivity contribution in [3.63, 3.8) is 0 Å². The van der Waals surface area contributed by atoms with Crippen LogP contribution < -0.4 is 10.9 Å². The summed E-state index contributed by atoms with van der Waals surface area (Å²) in [6, 6.07) is 4.12. The second-order valence-electron chi connectivity index (χ2n) is 5.16. The molecule has 0 aliphatic heterocycles. The molecule has 2 unspecified atom stereocenters. The Balaban J connectivity index is 2.05. The molecule has 94 valence electrons. The molecule has 3 heteroatoms. The number of anilines is 1. The second-order valence-corrected chi connectivity index (χ2v) is 5.16. The Bertz CT molecular complexity index is 424. The topological polar surface area (TPSA) is 34.0 Å². The van der Waals surface area contributed by atoms with Gasteiger partial charge in [0.25, 0.3) is 5.56 Å². The summed E-state index contributed by atoms with van der Waals surface area (Å²) in [7, 11) is 0. The fourth-order valence-electron chi connectivity index (χ4n) is 2.66. The van der Waals surface area contributed by atoms with Gasteiger partial charge in [0, 0.05) is 24.8 Å².